The molecule has 0 saturated heterocycles. The summed E-state index contributed by atoms with van der Waals surface area (Å²) < 4.78 is 1.70. The van der Waals surface area contributed by atoms with E-state index in [4.69, 9.17) is 0 Å². The second-order valence-corrected chi connectivity index (χ2v) is 13.1. The van der Waals surface area contributed by atoms with Crippen molar-refractivity contribution in [2.75, 3.05) is 0 Å². The average molecular weight is 391 g/mol. The van der Waals surface area contributed by atoms with Crippen molar-refractivity contribution in [3.8, 4) is 0 Å². The van der Waals surface area contributed by atoms with Gasteiger partial charge in [0.2, 0.25) is 0 Å². The minimum absolute atomic E-state index is 0.126. The fourth-order valence-corrected chi connectivity index (χ4v) is 7.88. The Morgan fingerprint density at radius 1 is 1.14 bits per heavy atom. The molecule has 0 nitrogen and oxygen atoms in total. The summed E-state index contributed by atoms with van der Waals surface area (Å²) in [7, 11) is -0.767. The van der Waals surface area contributed by atoms with Gasteiger partial charge in [0.05, 0.1) is 0 Å². The van der Waals surface area contributed by atoms with E-state index in [0.29, 0.717) is 0 Å². The Labute approximate surface area is 154 Å². The van der Waals surface area contributed by atoms with Gasteiger partial charge >= 0.3 is 155 Å². The van der Waals surface area contributed by atoms with Crippen molar-refractivity contribution in [2.45, 2.75) is 68.0 Å². The SMILES string of the molecule is CC1=CC(C)(C2=[C]([Zr])CC([SiH](C)C)=C2C(C)(C)C)C(C)=C1C. The molecular weight excluding hydrogens is 360 g/mol. The van der Waals surface area contributed by atoms with Crippen molar-refractivity contribution >= 4 is 8.80 Å². The first-order valence-corrected chi connectivity index (χ1v) is 12.6. The maximum absolute atomic E-state index is 2.54. The molecule has 1 unspecified atom stereocenters. The van der Waals surface area contributed by atoms with Crippen molar-refractivity contribution in [3.05, 3.63) is 42.4 Å². The molecule has 0 heterocycles. The van der Waals surface area contributed by atoms with E-state index >= 15 is 0 Å². The first-order valence-electron chi connectivity index (χ1n) is 8.48. The Hall–Kier alpha value is 0.0600. The van der Waals surface area contributed by atoms with Crippen LogP contribution in [0.2, 0.25) is 13.1 Å². The third-order valence-electron chi connectivity index (χ3n) is 5.64. The van der Waals surface area contributed by atoms with Crippen molar-refractivity contribution < 1.29 is 24.7 Å². The van der Waals surface area contributed by atoms with Gasteiger partial charge in [0.1, 0.15) is 0 Å². The molecule has 0 aliphatic heterocycles. The van der Waals surface area contributed by atoms with Crippen LogP contribution in [0, 0.1) is 10.8 Å². The van der Waals surface area contributed by atoms with Crippen molar-refractivity contribution in [2.24, 2.45) is 10.8 Å². The molecule has 0 N–H and O–H groups in total. The molecule has 0 aromatic rings. The molecule has 0 radical (unpaired) electrons. The van der Waals surface area contributed by atoms with E-state index in [1.165, 1.54) is 17.6 Å². The van der Waals surface area contributed by atoms with Gasteiger partial charge in [0.15, 0.2) is 0 Å². The van der Waals surface area contributed by atoms with E-state index in [-0.39, 0.29) is 10.8 Å². The molecule has 119 valence electrons. The molecule has 2 rings (SSSR count). The van der Waals surface area contributed by atoms with Gasteiger partial charge in [-0.15, -0.1) is 0 Å². The van der Waals surface area contributed by atoms with Gasteiger partial charge in [-0.3, -0.25) is 0 Å². The summed E-state index contributed by atoms with van der Waals surface area (Å²) in [5, 5.41) is 1.82. The summed E-state index contributed by atoms with van der Waals surface area (Å²) >= 11 is 1.61. The molecule has 0 spiro atoms. The number of rotatable bonds is 2. The fourth-order valence-electron chi connectivity index (χ4n) is 4.20. The number of allylic oxidation sites excluding steroid dienone is 8. The van der Waals surface area contributed by atoms with Crippen LogP contribution in [0.5, 0.6) is 0 Å². The predicted molar refractivity (Wildman–Crippen MR) is 97.2 cm³/mol. The Balaban J connectivity index is 2.72. The standard InChI is InChI=1S/C20H31Si.Zr/c1-13-12-20(7,15(3)14(13)2)16-10-11-17(21(8)9)18(16)19(4,5)6;/h12,21H,11H2,1-9H3;. The molecule has 0 fully saturated rings. The van der Waals surface area contributed by atoms with Crippen LogP contribution < -0.4 is 0 Å². The Bertz CT molecular complexity index is 635. The quantitative estimate of drug-likeness (QED) is 0.518. The van der Waals surface area contributed by atoms with E-state index in [1.807, 2.05) is 5.20 Å². The summed E-state index contributed by atoms with van der Waals surface area (Å²) in [6.07, 6.45) is 3.80. The topological polar surface area (TPSA) is 0 Å². The first-order chi connectivity index (χ1) is 9.91. The Morgan fingerprint density at radius 2 is 1.68 bits per heavy atom. The summed E-state index contributed by atoms with van der Waals surface area (Å²) in [5.74, 6) is 0. The Morgan fingerprint density at radius 3 is 2.05 bits per heavy atom. The van der Waals surface area contributed by atoms with Gasteiger partial charge in [0.25, 0.3) is 0 Å². The molecule has 0 aromatic carbocycles. The van der Waals surface area contributed by atoms with Crippen LogP contribution in [0.4, 0.5) is 0 Å². The zero-order chi connectivity index (χ0) is 17.0. The van der Waals surface area contributed by atoms with Crippen LogP contribution in [0.1, 0.15) is 54.9 Å². The zero-order valence-corrected chi connectivity index (χ0v) is 19.5. The predicted octanol–water partition coefficient (Wildman–Crippen LogP) is 5.86. The summed E-state index contributed by atoms with van der Waals surface area (Å²) in [4.78, 5) is 0. The second kappa shape index (κ2) is 5.85. The fraction of sp³-hybridized carbons (Fsp3) is 0.600. The molecule has 2 aliphatic rings. The third-order valence-corrected chi connectivity index (χ3v) is 8.58. The Kier molecular flexibility index (Phi) is 4.89. The molecule has 1 atom stereocenters. The van der Waals surface area contributed by atoms with Crippen LogP contribution in [-0.2, 0) is 24.7 Å². The maximum atomic E-state index is 2.54. The van der Waals surface area contributed by atoms with Gasteiger partial charge in [-0.25, -0.2) is 0 Å². The molecule has 22 heavy (non-hydrogen) atoms. The molecule has 0 aromatic heterocycles. The van der Waals surface area contributed by atoms with E-state index in [1.54, 1.807) is 44.7 Å². The summed E-state index contributed by atoms with van der Waals surface area (Å²) in [6, 6.07) is 0. The molecular formula is C20H31SiZr. The molecule has 2 aliphatic carbocycles. The number of hydrogen-bond acceptors (Lipinski definition) is 0. The van der Waals surface area contributed by atoms with Crippen molar-refractivity contribution in [3.63, 3.8) is 0 Å². The van der Waals surface area contributed by atoms with E-state index in [0.717, 1.165) is 0 Å². The van der Waals surface area contributed by atoms with Gasteiger partial charge < -0.3 is 0 Å². The average Bonchev–Trinajstić information content (AvgIpc) is 2.82. The van der Waals surface area contributed by atoms with Crippen LogP contribution in [-0.4, -0.2) is 8.80 Å². The van der Waals surface area contributed by atoms with Crippen LogP contribution in [0.15, 0.2) is 42.4 Å². The van der Waals surface area contributed by atoms with Crippen LogP contribution >= 0.6 is 0 Å². The second-order valence-electron chi connectivity index (χ2n) is 8.61. The van der Waals surface area contributed by atoms with E-state index in [9.17, 15) is 0 Å². The van der Waals surface area contributed by atoms with Crippen molar-refractivity contribution in [1.82, 2.24) is 0 Å². The van der Waals surface area contributed by atoms with Gasteiger partial charge in [-0.1, -0.05) is 0 Å². The molecule has 0 amide bonds. The van der Waals surface area contributed by atoms with Gasteiger partial charge in [-0.05, 0) is 0 Å². The molecule has 0 saturated carbocycles. The normalized spacial score (nSPS) is 26.7. The van der Waals surface area contributed by atoms with Gasteiger partial charge in [0, 0.05) is 0 Å². The zero-order valence-electron chi connectivity index (χ0n) is 15.9. The molecule has 0 bridgehead atoms. The third kappa shape index (κ3) is 2.80. The first kappa shape index (κ1) is 18.4. The van der Waals surface area contributed by atoms with E-state index < -0.39 is 8.80 Å². The van der Waals surface area contributed by atoms with E-state index in [2.05, 4.69) is 67.6 Å². The molecule has 2 heteroatoms. The monoisotopic (exact) mass is 389 g/mol. The van der Waals surface area contributed by atoms with Crippen molar-refractivity contribution in [1.29, 1.82) is 0 Å². The summed E-state index contributed by atoms with van der Waals surface area (Å²) in [5.41, 5.74) is 8.31. The van der Waals surface area contributed by atoms with Crippen LogP contribution in [0.3, 0.4) is 0 Å². The minimum atomic E-state index is -0.767. The summed E-state index contributed by atoms with van der Waals surface area (Å²) in [6.45, 7) is 21.6. The van der Waals surface area contributed by atoms with Gasteiger partial charge in [-0.2, -0.15) is 0 Å². The van der Waals surface area contributed by atoms with Crippen LogP contribution in [0.25, 0.3) is 0 Å². The number of hydrogen-bond donors (Lipinski definition) is 0.